The molecule has 18 heavy (non-hydrogen) atoms. The Morgan fingerprint density at radius 1 is 1.17 bits per heavy atom. The standard InChI is InChI=1S/C13H11ClN4/c1-8-15-4-9(5-16-8)2-10-6-17-13-12(10)3-11(14)7-18-13/h3-7H,2H2,1H3,(H,17,18). The fourth-order valence-corrected chi connectivity index (χ4v) is 2.07. The molecule has 0 atom stereocenters. The van der Waals surface area contributed by atoms with Crippen LogP contribution in [0.2, 0.25) is 5.02 Å². The third-order valence-electron chi connectivity index (χ3n) is 2.81. The zero-order valence-corrected chi connectivity index (χ0v) is 10.6. The van der Waals surface area contributed by atoms with E-state index >= 15 is 0 Å². The van der Waals surface area contributed by atoms with E-state index in [2.05, 4.69) is 19.9 Å². The topological polar surface area (TPSA) is 54.5 Å². The van der Waals surface area contributed by atoms with Crippen LogP contribution in [0.3, 0.4) is 0 Å². The van der Waals surface area contributed by atoms with Gasteiger partial charge in [-0.05, 0) is 24.1 Å². The highest BCUT2D eigenvalue weighted by Gasteiger charge is 2.06. The molecule has 0 spiro atoms. The third kappa shape index (κ3) is 2.07. The van der Waals surface area contributed by atoms with Crippen LogP contribution in [0.25, 0.3) is 11.0 Å². The summed E-state index contributed by atoms with van der Waals surface area (Å²) in [5, 5.41) is 1.69. The minimum Gasteiger partial charge on any atom is -0.346 e. The van der Waals surface area contributed by atoms with Crippen molar-refractivity contribution in [1.82, 2.24) is 19.9 Å². The van der Waals surface area contributed by atoms with Gasteiger partial charge in [-0.15, -0.1) is 0 Å². The highest BCUT2D eigenvalue weighted by Crippen LogP contribution is 2.22. The average Bonchev–Trinajstić information content (AvgIpc) is 2.75. The molecule has 0 saturated heterocycles. The first-order valence-electron chi connectivity index (χ1n) is 5.61. The van der Waals surface area contributed by atoms with Crippen molar-refractivity contribution < 1.29 is 0 Å². The number of aromatic amines is 1. The van der Waals surface area contributed by atoms with Crippen LogP contribution in [0.4, 0.5) is 0 Å². The summed E-state index contributed by atoms with van der Waals surface area (Å²) in [7, 11) is 0. The number of nitrogens with one attached hydrogen (secondary N) is 1. The normalized spacial score (nSPS) is 11.0. The molecule has 0 unspecified atom stereocenters. The second-order valence-electron chi connectivity index (χ2n) is 4.18. The monoisotopic (exact) mass is 258 g/mol. The SMILES string of the molecule is Cc1ncc(Cc2c[nH]c3ncc(Cl)cc23)cn1. The molecule has 0 aliphatic carbocycles. The molecule has 0 radical (unpaired) electrons. The Balaban J connectivity index is 1.99. The second kappa shape index (κ2) is 4.38. The number of hydrogen-bond acceptors (Lipinski definition) is 3. The van der Waals surface area contributed by atoms with Gasteiger partial charge in [-0.2, -0.15) is 0 Å². The van der Waals surface area contributed by atoms with Gasteiger partial charge >= 0.3 is 0 Å². The molecule has 0 saturated carbocycles. The summed E-state index contributed by atoms with van der Waals surface area (Å²) in [6, 6.07) is 1.92. The van der Waals surface area contributed by atoms with Crippen molar-refractivity contribution in [3.63, 3.8) is 0 Å². The van der Waals surface area contributed by atoms with Crippen LogP contribution < -0.4 is 0 Å². The van der Waals surface area contributed by atoms with Crippen molar-refractivity contribution in [2.75, 3.05) is 0 Å². The predicted molar refractivity (Wildman–Crippen MR) is 70.7 cm³/mol. The smallest absolute Gasteiger partial charge is 0.137 e. The first kappa shape index (κ1) is 11.2. The quantitative estimate of drug-likeness (QED) is 0.769. The fourth-order valence-electron chi connectivity index (χ4n) is 1.91. The third-order valence-corrected chi connectivity index (χ3v) is 3.02. The molecular formula is C13H11ClN4. The number of hydrogen-bond donors (Lipinski definition) is 1. The highest BCUT2D eigenvalue weighted by atomic mass is 35.5. The molecule has 0 aliphatic rings. The minimum atomic E-state index is 0.642. The number of halogens is 1. The average molecular weight is 259 g/mol. The number of H-pyrrole nitrogens is 1. The van der Waals surface area contributed by atoms with Crippen molar-refractivity contribution in [3.8, 4) is 0 Å². The summed E-state index contributed by atoms with van der Waals surface area (Å²) in [6.45, 7) is 1.87. The van der Waals surface area contributed by atoms with Crippen LogP contribution in [0.5, 0.6) is 0 Å². The van der Waals surface area contributed by atoms with Gasteiger partial charge < -0.3 is 4.98 Å². The Morgan fingerprint density at radius 2 is 1.94 bits per heavy atom. The molecule has 3 aromatic rings. The Morgan fingerprint density at radius 3 is 2.72 bits per heavy atom. The summed E-state index contributed by atoms with van der Waals surface area (Å²) in [6.07, 6.45) is 8.05. The van der Waals surface area contributed by atoms with Gasteiger partial charge in [0.05, 0.1) is 5.02 Å². The molecule has 3 heterocycles. The summed E-state index contributed by atoms with van der Waals surface area (Å²) in [4.78, 5) is 15.8. The van der Waals surface area contributed by atoms with Gasteiger partial charge in [-0.3, -0.25) is 0 Å². The van der Waals surface area contributed by atoms with Crippen LogP contribution in [0.15, 0.2) is 30.9 Å². The molecule has 4 nitrogen and oxygen atoms in total. The van der Waals surface area contributed by atoms with Gasteiger partial charge in [-0.25, -0.2) is 15.0 Å². The molecule has 0 aliphatic heterocycles. The zero-order valence-electron chi connectivity index (χ0n) is 9.81. The van der Waals surface area contributed by atoms with E-state index in [1.807, 2.05) is 31.6 Å². The van der Waals surface area contributed by atoms with Gasteiger partial charge in [-0.1, -0.05) is 11.6 Å². The van der Waals surface area contributed by atoms with Crippen molar-refractivity contribution in [1.29, 1.82) is 0 Å². The molecule has 3 rings (SSSR count). The molecule has 1 N–H and O–H groups in total. The number of rotatable bonds is 2. The molecule has 5 heteroatoms. The first-order chi connectivity index (χ1) is 8.72. The van der Waals surface area contributed by atoms with Crippen LogP contribution in [-0.4, -0.2) is 19.9 Å². The van der Waals surface area contributed by atoms with E-state index in [4.69, 9.17) is 11.6 Å². The molecule has 0 bridgehead atoms. The molecule has 3 aromatic heterocycles. The summed E-state index contributed by atoms with van der Waals surface area (Å²) < 4.78 is 0. The van der Waals surface area contributed by atoms with Gasteiger partial charge in [0.15, 0.2) is 0 Å². The lowest BCUT2D eigenvalue weighted by Crippen LogP contribution is -1.92. The lowest BCUT2D eigenvalue weighted by molar-refractivity contribution is 1.01. The van der Waals surface area contributed by atoms with Crippen molar-refractivity contribution in [2.24, 2.45) is 0 Å². The van der Waals surface area contributed by atoms with E-state index in [0.29, 0.717) is 5.02 Å². The van der Waals surface area contributed by atoms with Crippen molar-refractivity contribution in [2.45, 2.75) is 13.3 Å². The van der Waals surface area contributed by atoms with E-state index in [1.165, 1.54) is 0 Å². The lowest BCUT2D eigenvalue weighted by atomic mass is 10.1. The number of aryl methyl sites for hydroxylation is 1. The van der Waals surface area contributed by atoms with E-state index in [9.17, 15) is 0 Å². The van der Waals surface area contributed by atoms with E-state index in [0.717, 1.165) is 34.4 Å². The van der Waals surface area contributed by atoms with Gasteiger partial charge in [0.25, 0.3) is 0 Å². The molecular weight excluding hydrogens is 248 g/mol. The van der Waals surface area contributed by atoms with Crippen LogP contribution in [-0.2, 0) is 6.42 Å². The highest BCUT2D eigenvalue weighted by molar-refractivity contribution is 6.31. The van der Waals surface area contributed by atoms with Crippen LogP contribution in [0, 0.1) is 6.92 Å². The number of pyridine rings is 1. The van der Waals surface area contributed by atoms with E-state index in [1.54, 1.807) is 6.20 Å². The molecule has 0 fully saturated rings. The lowest BCUT2D eigenvalue weighted by Gasteiger charge is -2.00. The molecule has 90 valence electrons. The first-order valence-corrected chi connectivity index (χ1v) is 5.99. The van der Waals surface area contributed by atoms with Gasteiger partial charge in [0.1, 0.15) is 11.5 Å². The maximum absolute atomic E-state index is 5.97. The summed E-state index contributed by atoms with van der Waals surface area (Å²) >= 11 is 5.97. The maximum Gasteiger partial charge on any atom is 0.137 e. The van der Waals surface area contributed by atoms with E-state index in [-0.39, 0.29) is 0 Å². The summed E-state index contributed by atoms with van der Waals surface area (Å²) in [5.74, 6) is 0.780. The Hall–Kier alpha value is -1.94. The molecule has 0 aromatic carbocycles. The van der Waals surface area contributed by atoms with Crippen LogP contribution >= 0.6 is 11.6 Å². The Bertz CT molecular complexity index is 688. The second-order valence-corrected chi connectivity index (χ2v) is 4.62. The maximum atomic E-state index is 5.97. The largest absolute Gasteiger partial charge is 0.346 e. The minimum absolute atomic E-state index is 0.642. The number of fused-ring (bicyclic) bond motifs is 1. The number of nitrogens with zero attached hydrogens (tertiary/aromatic N) is 3. The molecule has 0 amide bonds. The van der Waals surface area contributed by atoms with Crippen molar-refractivity contribution >= 4 is 22.6 Å². The Kier molecular flexibility index (Phi) is 2.72. The predicted octanol–water partition coefficient (Wildman–Crippen LogP) is 2.91. The van der Waals surface area contributed by atoms with E-state index < -0.39 is 0 Å². The van der Waals surface area contributed by atoms with Gasteiger partial charge in [0, 0.05) is 36.6 Å². The van der Waals surface area contributed by atoms with Crippen molar-refractivity contribution in [3.05, 3.63) is 52.8 Å². The zero-order chi connectivity index (χ0) is 12.5. The van der Waals surface area contributed by atoms with Gasteiger partial charge in [0.2, 0.25) is 0 Å². The fraction of sp³-hybridized carbons (Fsp3) is 0.154. The Labute approximate surface area is 109 Å². The number of aromatic nitrogens is 4. The van der Waals surface area contributed by atoms with Crippen LogP contribution in [0.1, 0.15) is 17.0 Å². The summed E-state index contributed by atoms with van der Waals surface area (Å²) in [5.41, 5.74) is 3.07.